The Labute approximate surface area is 173 Å². The van der Waals surface area contributed by atoms with Gasteiger partial charge in [-0.05, 0) is 36.4 Å². The Morgan fingerprint density at radius 3 is 2.69 bits per heavy atom. The van der Waals surface area contributed by atoms with E-state index in [1.807, 2.05) is 48.5 Å². The second-order valence-corrected chi connectivity index (χ2v) is 10.6. The minimum absolute atomic E-state index is 0.00794. The molecule has 0 bridgehead atoms. The van der Waals surface area contributed by atoms with E-state index in [4.69, 9.17) is 14.7 Å². The zero-order chi connectivity index (χ0) is 20.0. The number of H-pyrrole nitrogens is 1. The number of thioether (sulfide) groups is 1. The van der Waals surface area contributed by atoms with E-state index >= 15 is 0 Å². The molecule has 2 aromatic carbocycles. The van der Waals surface area contributed by atoms with Crippen LogP contribution in [0.5, 0.6) is 5.75 Å². The fourth-order valence-corrected chi connectivity index (χ4v) is 7.51. The standard InChI is InChI=1S/C20H20N4O3S2/c1-27-14-8-6-13(7-9-14)24(10-19-21-15-4-2-3-5-16(15)22-19)20-23-17-11-29(25,26)12-18(17)28-20/h2-9,17-18H,10-12H2,1H3,(H,21,22). The van der Waals surface area contributed by atoms with Crippen molar-refractivity contribution in [1.82, 2.24) is 9.97 Å². The maximum Gasteiger partial charge on any atom is 0.164 e. The molecule has 7 nitrogen and oxygen atoms in total. The summed E-state index contributed by atoms with van der Waals surface area (Å²) < 4.78 is 29.1. The van der Waals surface area contributed by atoms with Crippen molar-refractivity contribution in [2.75, 3.05) is 23.5 Å². The fourth-order valence-electron chi connectivity index (χ4n) is 3.73. The lowest BCUT2D eigenvalue weighted by Gasteiger charge is -2.24. The molecule has 1 aromatic heterocycles. The third-order valence-corrected chi connectivity index (χ3v) is 8.41. The molecule has 2 unspecified atom stereocenters. The molecule has 3 heterocycles. The third kappa shape index (κ3) is 3.60. The largest absolute Gasteiger partial charge is 0.497 e. The highest BCUT2D eigenvalue weighted by molar-refractivity contribution is 8.15. The van der Waals surface area contributed by atoms with Gasteiger partial charge in [0.05, 0.1) is 42.2 Å². The summed E-state index contributed by atoms with van der Waals surface area (Å²) in [5.74, 6) is 1.93. The highest BCUT2D eigenvalue weighted by Gasteiger charge is 2.44. The van der Waals surface area contributed by atoms with E-state index in [0.717, 1.165) is 33.5 Å². The second-order valence-electron chi connectivity index (χ2n) is 7.20. The van der Waals surface area contributed by atoms with Crippen LogP contribution in [0.25, 0.3) is 11.0 Å². The number of methoxy groups -OCH3 is 1. The van der Waals surface area contributed by atoms with Crippen LogP contribution in [0.1, 0.15) is 5.82 Å². The minimum Gasteiger partial charge on any atom is -0.497 e. The number of benzene rings is 2. The van der Waals surface area contributed by atoms with Crippen molar-refractivity contribution in [2.24, 2.45) is 4.99 Å². The summed E-state index contributed by atoms with van der Waals surface area (Å²) >= 11 is 1.55. The second kappa shape index (κ2) is 7.07. The topological polar surface area (TPSA) is 87.7 Å². The van der Waals surface area contributed by atoms with Crippen LogP contribution in [0, 0.1) is 0 Å². The molecule has 0 spiro atoms. The van der Waals surface area contributed by atoms with Crippen molar-refractivity contribution in [1.29, 1.82) is 0 Å². The molecule has 9 heteroatoms. The molecule has 0 radical (unpaired) electrons. The zero-order valence-electron chi connectivity index (χ0n) is 15.8. The van der Waals surface area contributed by atoms with Crippen molar-refractivity contribution in [3.63, 3.8) is 0 Å². The van der Waals surface area contributed by atoms with Gasteiger partial charge in [-0.25, -0.2) is 13.4 Å². The summed E-state index contributed by atoms with van der Waals surface area (Å²) in [4.78, 5) is 14.9. The van der Waals surface area contributed by atoms with Gasteiger partial charge in [-0.1, -0.05) is 23.9 Å². The van der Waals surface area contributed by atoms with E-state index in [1.54, 1.807) is 18.9 Å². The number of nitrogens with zero attached hydrogens (tertiary/aromatic N) is 3. The Morgan fingerprint density at radius 2 is 1.97 bits per heavy atom. The minimum atomic E-state index is -2.99. The molecule has 0 aliphatic carbocycles. The molecule has 1 N–H and O–H groups in total. The molecule has 0 amide bonds. The average molecular weight is 429 g/mol. The van der Waals surface area contributed by atoms with Crippen molar-refractivity contribution >= 4 is 43.5 Å². The van der Waals surface area contributed by atoms with Crippen molar-refractivity contribution in [2.45, 2.75) is 17.8 Å². The Bertz CT molecular complexity index is 1150. The number of ether oxygens (including phenoxy) is 1. The lowest BCUT2D eigenvalue weighted by atomic mass is 10.2. The number of fused-ring (bicyclic) bond motifs is 2. The van der Waals surface area contributed by atoms with Gasteiger partial charge in [0, 0.05) is 10.9 Å². The smallest absolute Gasteiger partial charge is 0.164 e. The SMILES string of the molecule is COc1ccc(N(Cc2nc3ccccc3[nH]2)C2=NC3CS(=O)(=O)CC3S2)cc1. The summed E-state index contributed by atoms with van der Waals surface area (Å²) in [6, 6.07) is 15.5. The van der Waals surface area contributed by atoms with Crippen LogP contribution >= 0.6 is 11.8 Å². The zero-order valence-corrected chi connectivity index (χ0v) is 17.4. The summed E-state index contributed by atoms with van der Waals surface area (Å²) in [6.45, 7) is 0.513. The Hall–Kier alpha value is -2.52. The van der Waals surface area contributed by atoms with Gasteiger partial charge in [0.15, 0.2) is 15.0 Å². The average Bonchev–Trinajstić information content (AvgIpc) is 3.36. The van der Waals surface area contributed by atoms with E-state index in [-0.39, 0.29) is 22.8 Å². The first-order valence-electron chi connectivity index (χ1n) is 9.31. The lowest BCUT2D eigenvalue weighted by molar-refractivity contribution is 0.415. The summed E-state index contributed by atoms with van der Waals surface area (Å²) in [5.41, 5.74) is 2.86. The van der Waals surface area contributed by atoms with Crippen molar-refractivity contribution in [3.05, 3.63) is 54.4 Å². The number of aromatic amines is 1. The number of sulfone groups is 1. The van der Waals surface area contributed by atoms with Crippen LogP contribution in [0.4, 0.5) is 5.69 Å². The molecule has 3 aromatic rings. The normalized spacial score (nSPS) is 22.4. The number of hydrogen-bond donors (Lipinski definition) is 1. The molecular formula is C20H20N4O3S2. The van der Waals surface area contributed by atoms with Gasteiger partial charge >= 0.3 is 0 Å². The van der Waals surface area contributed by atoms with Crippen LogP contribution in [-0.2, 0) is 16.4 Å². The monoisotopic (exact) mass is 428 g/mol. The van der Waals surface area contributed by atoms with Crippen molar-refractivity contribution in [3.8, 4) is 5.75 Å². The summed E-state index contributed by atoms with van der Waals surface area (Å²) in [6.07, 6.45) is 0. The van der Waals surface area contributed by atoms with Crippen LogP contribution in [0.3, 0.4) is 0 Å². The van der Waals surface area contributed by atoms with Gasteiger partial charge in [0.1, 0.15) is 11.6 Å². The van der Waals surface area contributed by atoms with E-state index in [0.29, 0.717) is 6.54 Å². The number of anilines is 1. The van der Waals surface area contributed by atoms with Gasteiger partial charge in [-0.2, -0.15) is 0 Å². The number of hydrogen-bond acceptors (Lipinski definition) is 7. The molecule has 0 saturated carbocycles. The van der Waals surface area contributed by atoms with Gasteiger partial charge in [0.2, 0.25) is 0 Å². The quantitative estimate of drug-likeness (QED) is 0.688. The maximum atomic E-state index is 11.9. The van der Waals surface area contributed by atoms with E-state index < -0.39 is 9.84 Å². The first-order valence-corrected chi connectivity index (χ1v) is 12.0. The molecule has 1 fully saturated rings. The number of imidazole rings is 1. The molecule has 1 saturated heterocycles. The first-order chi connectivity index (χ1) is 14.0. The molecule has 2 aliphatic heterocycles. The van der Waals surface area contributed by atoms with Crippen LogP contribution in [-0.4, -0.2) is 53.5 Å². The molecule has 5 rings (SSSR count). The van der Waals surface area contributed by atoms with Gasteiger partial charge < -0.3 is 14.6 Å². The third-order valence-electron chi connectivity index (χ3n) is 5.17. The van der Waals surface area contributed by atoms with Gasteiger partial charge in [-0.15, -0.1) is 0 Å². The number of nitrogens with one attached hydrogen (secondary N) is 1. The Balaban J connectivity index is 1.49. The van der Waals surface area contributed by atoms with Crippen LogP contribution in [0.15, 0.2) is 53.5 Å². The molecular weight excluding hydrogens is 408 g/mol. The number of aromatic nitrogens is 2. The fraction of sp³-hybridized carbons (Fsp3) is 0.300. The Morgan fingerprint density at radius 1 is 1.17 bits per heavy atom. The number of para-hydroxylation sites is 2. The molecule has 29 heavy (non-hydrogen) atoms. The van der Waals surface area contributed by atoms with E-state index in [9.17, 15) is 8.42 Å². The maximum absolute atomic E-state index is 11.9. The Kier molecular flexibility index (Phi) is 4.51. The predicted octanol–water partition coefficient (Wildman–Crippen LogP) is 2.85. The summed E-state index contributed by atoms with van der Waals surface area (Å²) in [7, 11) is -1.35. The number of rotatable bonds is 4. The van der Waals surface area contributed by atoms with Gasteiger partial charge in [0.25, 0.3) is 0 Å². The van der Waals surface area contributed by atoms with Crippen LogP contribution in [0.2, 0.25) is 0 Å². The molecule has 2 aliphatic rings. The van der Waals surface area contributed by atoms with E-state index in [1.165, 1.54) is 0 Å². The number of aliphatic imine (C=N–C) groups is 1. The first kappa shape index (κ1) is 18.5. The lowest BCUT2D eigenvalue weighted by Crippen LogP contribution is -2.28. The molecule has 150 valence electrons. The van der Waals surface area contributed by atoms with Crippen molar-refractivity contribution < 1.29 is 13.2 Å². The highest BCUT2D eigenvalue weighted by Crippen LogP contribution is 2.37. The van der Waals surface area contributed by atoms with Gasteiger partial charge in [-0.3, -0.25) is 4.99 Å². The van der Waals surface area contributed by atoms with E-state index in [2.05, 4.69) is 9.88 Å². The predicted molar refractivity (Wildman–Crippen MR) is 117 cm³/mol. The highest BCUT2D eigenvalue weighted by atomic mass is 32.2. The molecule has 2 atom stereocenters. The number of amidine groups is 1. The summed E-state index contributed by atoms with van der Waals surface area (Å²) in [5, 5.41) is 0.826. The van der Waals surface area contributed by atoms with Crippen LogP contribution < -0.4 is 9.64 Å².